The zero-order valence-electron chi connectivity index (χ0n) is 8.89. The highest BCUT2D eigenvalue weighted by Crippen LogP contribution is 2.25. The average Bonchev–Trinajstić information content (AvgIpc) is 2.16. The van der Waals surface area contributed by atoms with Gasteiger partial charge in [-0.15, -0.1) is 0 Å². The van der Waals surface area contributed by atoms with Gasteiger partial charge in [0.2, 0.25) is 5.91 Å². The van der Waals surface area contributed by atoms with E-state index < -0.39 is 18.5 Å². The standard InChI is InChI=1S/C10H15BrF3NO/c11-5-4-8-3-1-2-6-15(8)9(16)7-10(12,13)14/h8H,1-7H2. The molecular weight excluding hydrogens is 287 g/mol. The second-order valence-electron chi connectivity index (χ2n) is 4.01. The van der Waals surface area contributed by atoms with Crippen molar-refractivity contribution in [2.24, 2.45) is 0 Å². The molecule has 1 rings (SSSR count). The van der Waals surface area contributed by atoms with Crippen LogP contribution in [0, 0.1) is 0 Å². The highest BCUT2D eigenvalue weighted by molar-refractivity contribution is 9.09. The Morgan fingerprint density at radius 3 is 2.62 bits per heavy atom. The molecule has 0 spiro atoms. The molecule has 16 heavy (non-hydrogen) atoms. The predicted octanol–water partition coefficient (Wildman–Crippen LogP) is 3.10. The Morgan fingerprint density at radius 2 is 2.06 bits per heavy atom. The van der Waals surface area contributed by atoms with Gasteiger partial charge in [-0.2, -0.15) is 13.2 Å². The van der Waals surface area contributed by atoms with Gasteiger partial charge in [0.25, 0.3) is 0 Å². The number of hydrogen-bond donors (Lipinski definition) is 0. The first kappa shape index (κ1) is 13.8. The van der Waals surface area contributed by atoms with Crippen LogP contribution in [-0.2, 0) is 4.79 Å². The van der Waals surface area contributed by atoms with E-state index in [1.165, 1.54) is 4.90 Å². The van der Waals surface area contributed by atoms with Crippen LogP contribution < -0.4 is 0 Å². The number of hydrogen-bond acceptors (Lipinski definition) is 1. The van der Waals surface area contributed by atoms with Gasteiger partial charge in [-0.1, -0.05) is 15.9 Å². The van der Waals surface area contributed by atoms with Crippen molar-refractivity contribution >= 4 is 21.8 Å². The maximum absolute atomic E-state index is 12.1. The Labute approximate surface area is 101 Å². The number of halogens is 4. The first-order valence-corrected chi connectivity index (χ1v) is 6.48. The largest absolute Gasteiger partial charge is 0.397 e. The lowest BCUT2D eigenvalue weighted by molar-refractivity contribution is -0.164. The zero-order valence-corrected chi connectivity index (χ0v) is 10.5. The number of alkyl halides is 4. The van der Waals surface area contributed by atoms with Crippen LogP contribution in [0.25, 0.3) is 0 Å². The number of nitrogens with zero attached hydrogens (tertiary/aromatic N) is 1. The first-order chi connectivity index (χ1) is 7.44. The lowest BCUT2D eigenvalue weighted by atomic mass is 9.99. The Morgan fingerprint density at radius 1 is 1.38 bits per heavy atom. The van der Waals surface area contributed by atoms with Crippen LogP contribution in [0.15, 0.2) is 0 Å². The highest BCUT2D eigenvalue weighted by atomic mass is 79.9. The van der Waals surface area contributed by atoms with Crippen molar-refractivity contribution in [3.63, 3.8) is 0 Å². The Bertz CT molecular complexity index is 243. The minimum absolute atomic E-state index is 0.0250. The Kier molecular flexibility index (Phi) is 5.08. The summed E-state index contributed by atoms with van der Waals surface area (Å²) in [4.78, 5) is 12.9. The molecule has 0 aromatic heterocycles. The quantitative estimate of drug-likeness (QED) is 0.734. The molecular formula is C10H15BrF3NO. The summed E-state index contributed by atoms with van der Waals surface area (Å²) >= 11 is 3.26. The molecule has 94 valence electrons. The SMILES string of the molecule is O=C(CC(F)(F)F)N1CCCCC1CCBr. The molecule has 1 saturated heterocycles. The molecule has 0 aromatic rings. The first-order valence-electron chi connectivity index (χ1n) is 5.36. The lowest BCUT2D eigenvalue weighted by Gasteiger charge is -2.35. The molecule has 0 aliphatic carbocycles. The van der Waals surface area contributed by atoms with Crippen molar-refractivity contribution in [2.45, 2.75) is 44.3 Å². The van der Waals surface area contributed by atoms with E-state index in [4.69, 9.17) is 0 Å². The molecule has 0 N–H and O–H groups in total. The van der Waals surface area contributed by atoms with Gasteiger partial charge < -0.3 is 4.90 Å². The fourth-order valence-corrected chi connectivity index (χ4v) is 2.56. The topological polar surface area (TPSA) is 20.3 Å². The molecule has 0 bridgehead atoms. The number of likely N-dealkylation sites (tertiary alicyclic amines) is 1. The average molecular weight is 302 g/mol. The molecule has 0 radical (unpaired) electrons. The number of rotatable bonds is 3. The summed E-state index contributed by atoms with van der Waals surface area (Å²) in [5.74, 6) is -0.779. The van der Waals surface area contributed by atoms with Gasteiger partial charge in [0, 0.05) is 17.9 Å². The fourth-order valence-electron chi connectivity index (χ4n) is 2.03. The third-order valence-electron chi connectivity index (χ3n) is 2.74. The van der Waals surface area contributed by atoms with E-state index in [9.17, 15) is 18.0 Å². The zero-order chi connectivity index (χ0) is 12.2. The van der Waals surface area contributed by atoms with Crippen molar-refractivity contribution in [3.05, 3.63) is 0 Å². The predicted molar refractivity (Wildman–Crippen MR) is 58.4 cm³/mol. The summed E-state index contributed by atoms with van der Waals surface area (Å²) < 4.78 is 36.4. The summed E-state index contributed by atoms with van der Waals surface area (Å²) in [6.45, 7) is 0.465. The molecule has 1 atom stereocenters. The summed E-state index contributed by atoms with van der Waals surface area (Å²) in [7, 11) is 0. The molecule has 6 heteroatoms. The molecule has 1 amide bonds. The van der Waals surface area contributed by atoms with Crippen LogP contribution in [0.5, 0.6) is 0 Å². The number of carbonyl (C=O) groups is 1. The Balaban J connectivity index is 2.57. The minimum Gasteiger partial charge on any atom is -0.339 e. The fraction of sp³-hybridized carbons (Fsp3) is 0.900. The van der Waals surface area contributed by atoms with Gasteiger partial charge in [0.1, 0.15) is 6.42 Å². The van der Waals surface area contributed by atoms with E-state index in [1.54, 1.807) is 0 Å². The minimum atomic E-state index is -4.40. The molecule has 1 fully saturated rings. The monoisotopic (exact) mass is 301 g/mol. The van der Waals surface area contributed by atoms with E-state index >= 15 is 0 Å². The summed E-state index contributed by atoms with van der Waals surface area (Å²) in [5, 5.41) is 0.716. The maximum atomic E-state index is 12.1. The van der Waals surface area contributed by atoms with Gasteiger partial charge in [-0.05, 0) is 25.7 Å². The van der Waals surface area contributed by atoms with Crippen LogP contribution in [0.2, 0.25) is 0 Å². The van der Waals surface area contributed by atoms with E-state index in [0.717, 1.165) is 25.7 Å². The number of carbonyl (C=O) groups excluding carboxylic acids is 1. The van der Waals surface area contributed by atoms with Crippen LogP contribution in [-0.4, -0.2) is 34.9 Å². The summed E-state index contributed by atoms with van der Waals surface area (Å²) in [6, 6.07) is -0.0250. The summed E-state index contributed by atoms with van der Waals surface area (Å²) in [5.41, 5.74) is 0. The van der Waals surface area contributed by atoms with Crippen molar-refractivity contribution in [1.82, 2.24) is 4.90 Å². The highest BCUT2D eigenvalue weighted by Gasteiger charge is 2.36. The molecule has 2 nitrogen and oxygen atoms in total. The van der Waals surface area contributed by atoms with Crippen molar-refractivity contribution in [2.75, 3.05) is 11.9 Å². The van der Waals surface area contributed by atoms with Crippen LogP contribution in [0.3, 0.4) is 0 Å². The van der Waals surface area contributed by atoms with Crippen molar-refractivity contribution in [1.29, 1.82) is 0 Å². The van der Waals surface area contributed by atoms with Crippen molar-refractivity contribution in [3.8, 4) is 0 Å². The normalized spacial score (nSPS) is 22.2. The van der Waals surface area contributed by atoms with Gasteiger partial charge in [0.05, 0.1) is 0 Å². The molecule has 1 unspecified atom stereocenters. The van der Waals surface area contributed by atoms with Crippen LogP contribution in [0.1, 0.15) is 32.1 Å². The van der Waals surface area contributed by atoms with E-state index in [-0.39, 0.29) is 6.04 Å². The second-order valence-corrected chi connectivity index (χ2v) is 4.80. The third kappa shape index (κ3) is 4.31. The van der Waals surface area contributed by atoms with Gasteiger partial charge in [-0.25, -0.2) is 0 Å². The maximum Gasteiger partial charge on any atom is 0.397 e. The smallest absolute Gasteiger partial charge is 0.339 e. The van der Waals surface area contributed by atoms with Gasteiger partial charge in [0.15, 0.2) is 0 Å². The van der Waals surface area contributed by atoms with Crippen LogP contribution in [0.4, 0.5) is 13.2 Å². The van der Waals surface area contributed by atoms with E-state index in [2.05, 4.69) is 15.9 Å². The molecule has 1 aliphatic rings. The molecule has 1 aliphatic heterocycles. The number of amides is 1. The Hall–Kier alpha value is -0.260. The van der Waals surface area contributed by atoms with E-state index in [0.29, 0.717) is 11.9 Å². The summed E-state index contributed by atoms with van der Waals surface area (Å²) in [6.07, 6.45) is -2.38. The second kappa shape index (κ2) is 5.89. The molecule has 1 heterocycles. The molecule has 0 saturated carbocycles. The lowest BCUT2D eigenvalue weighted by Crippen LogP contribution is -2.45. The van der Waals surface area contributed by atoms with Crippen LogP contribution >= 0.6 is 15.9 Å². The van der Waals surface area contributed by atoms with Gasteiger partial charge >= 0.3 is 6.18 Å². The van der Waals surface area contributed by atoms with Crippen molar-refractivity contribution < 1.29 is 18.0 Å². The molecule has 0 aromatic carbocycles. The third-order valence-corrected chi connectivity index (χ3v) is 3.20. The van der Waals surface area contributed by atoms with E-state index in [1.807, 2.05) is 0 Å². The number of piperidine rings is 1. The van der Waals surface area contributed by atoms with Gasteiger partial charge in [-0.3, -0.25) is 4.79 Å².